The maximum atomic E-state index is 11.9. The van der Waals surface area contributed by atoms with Crippen molar-refractivity contribution in [3.05, 3.63) is 177 Å². The molecule has 0 radical (unpaired) electrons. The van der Waals surface area contributed by atoms with Crippen molar-refractivity contribution < 1.29 is 62.3 Å². The number of ether oxygens (including phenoxy) is 6. The predicted octanol–water partition coefficient (Wildman–Crippen LogP) is 7.98. The van der Waals surface area contributed by atoms with Gasteiger partial charge in [-0.15, -0.1) is 0 Å². The zero-order chi connectivity index (χ0) is 52.6. The highest BCUT2D eigenvalue weighted by molar-refractivity contribution is 6.14. The van der Waals surface area contributed by atoms with Crippen LogP contribution in [0.1, 0.15) is 69.7 Å². The molecule has 6 N–H and O–H groups in total. The maximum absolute atomic E-state index is 11.9. The predicted molar refractivity (Wildman–Crippen MR) is 274 cm³/mol. The molecule has 2 heterocycles. The summed E-state index contributed by atoms with van der Waals surface area (Å²) in [6, 6.07) is 32.5. The first-order chi connectivity index (χ1) is 34.2. The van der Waals surface area contributed by atoms with E-state index in [0.717, 1.165) is 17.6 Å². The van der Waals surface area contributed by atoms with Gasteiger partial charge < -0.3 is 54.5 Å². The van der Waals surface area contributed by atoms with Crippen LogP contribution in [0.3, 0.4) is 0 Å². The van der Waals surface area contributed by atoms with Crippen molar-refractivity contribution >= 4 is 69.0 Å². The monoisotopic (exact) mass is 994 g/mol. The first-order valence-corrected chi connectivity index (χ1v) is 22.1. The van der Waals surface area contributed by atoms with E-state index in [4.69, 9.17) is 29.8 Å². The van der Waals surface area contributed by atoms with Crippen LogP contribution in [0.4, 0.5) is 11.4 Å². The molecule has 19 nitrogen and oxygen atoms in total. The van der Waals surface area contributed by atoms with E-state index < -0.39 is 41.2 Å². The van der Waals surface area contributed by atoms with E-state index in [2.05, 4.69) is 24.8 Å². The number of nitrogen functional groups attached to an aromatic ring is 1. The van der Waals surface area contributed by atoms with Gasteiger partial charge in [0.05, 0.1) is 39.6 Å². The van der Waals surface area contributed by atoms with E-state index >= 15 is 0 Å². The van der Waals surface area contributed by atoms with Crippen LogP contribution < -0.4 is 21.9 Å². The lowest BCUT2D eigenvalue weighted by molar-refractivity contribution is -0.148. The molecule has 0 aliphatic rings. The van der Waals surface area contributed by atoms with Crippen molar-refractivity contribution in [2.75, 3.05) is 50.7 Å². The summed E-state index contributed by atoms with van der Waals surface area (Å²) >= 11 is 0. The van der Waals surface area contributed by atoms with Crippen LogP contribution >= 0.6 is 0 Å². The van der Waals surface area contributed by atoms with Gasteiger partial charge in [-0.05, 0) is 90.1 Å². The minimum atomic E-state index is -1.21. The Morgan fingerprint density at radius 2 is 0.917 bits per heavy atom. The van der Waals surface area contributed by atoms with Gasteiger partial charge in [0, 0.05) is 51.8 Å². The van der Waals surface area contributed by atoms with Gasteiger partial charge in [0.15, 0.2) is 11.1 Å². The SMILES string of the molecule is C.CCOC(=O)C(=CNc1ccccc1)C(=O)OCC.CCOC(=O)c1c[nH]c2ccccc2c1=O.CCOC=C(C(=O)OCC)C(=O)OCC.Nc1ccccc1.O=C(O)c1c[nH]c2ccccc2c1=O. The largest absolute Gasteiger partial charge is 0.500 e. The number of para-hydroxylation sites is 4. The summed E-state index contributed by atoms with van der Waals surface area (Å²) in [6.07, 6.45) is 4.97. The smallest absolute Gasteiger partial charge is 0.348 e. The molecule has 6 rings (SSSR count). The van der Waals surface area contributed by atoms with Crippen LogP contribution in [0.2, 0.25) is 0 Å². The number of anilines is 2. The topological polar surface area (TPSA) is 282 Å². The second-order valence-corrected chi connectivity index (χ2v) is 13.5. The summed E-state index contributed by atoms with van der Waals surface area (Å²) in [5.74, 6) is -4.67. The summed E-state index contributed by atoms with van der Waals surface area (Å²) in [5.41, 5.74) is 6.97. The van der Waals surface area contributed by atoms with Gasteiger partial charge in [0.25, 0.3) is 0 Å². The average Bonchev–Trinajstić information content (AvgIpc) is 3.36. The van der Waals surface area contributed by atoms with Crippen molar-refractivity contribution in [2.24, 2.45) is 0 Å². The Labute approximate surface area is 416 Å². The Balaban J connectivity index is 0.000000459. The fourth-order valence-electron chi connectivity index (χ4n) is 5.38. The fraction of sp³-hybridized carbons (Fsp3) is 0.245. The van der Waals surface area contributed by atoms with E-state index in [0.29, 0.717) is 28.4 Å². The molecule has 0 atom stereocenters. The van der Waals surface area contributed by atoms with E-state index in [1.807, 2.05) is 66.7 Å². The third kappa shape index (κ3) is 20.7. The van der Waals surface area contributed by atoms with Gasteiger partial charge in [-0.2, -0.15) is 0 Å². The van der Waals surface area contributed by atoms with Gasteiger partial charge in [0.1, 0.15) is 17.4 Å². The van der Waals surface area contributed by atoms with Gasteiger partial charge in [-0.3, -0.25) is 9.59 Å². The molecule has 0 aliphatic carbocycles. The molecule has 0 bridgehead atoms. The molecule has 0 saturated heterocycles. The number of hydrogen-bond acceptors (Lipinski definition) is 16. The number of nitrogens with two attached hydrogens (primary N) is 1. The first kappa shape index (κ1) is 61.0. The molecule has 0 unspecified atom stereocenters. The third-order valence-electron chi connectivity index (χ3n) is 8.61. The number of benzene rings is 4. The molecule has 0 saturated carbocycles. The lowest BCUT2D eigenvalue weighted by Gasteiger charge is -2.07. The minimum Gasteiger partial charge on any atom is -0.500 e. The van der Waals surface area contributed by atoms with Gasteiger partial charge in [0.2, 0.25) is 10.9 Å². The van der Waals surface area contributed by atoms with Crippen LogP contribution in [0.25, 0.3) is 21.8 Å². The third-order valence-corrected chi connectivity index (χ3v) is 8.61. The van der Waals surface area contributed by atoms with Crippen molar-refractivity contribution in [3.8, 4) is 0 Å². The Hall–Kier alpha value is -9.00. The minimum absolute atomic E-state index is 0. The summed E-state index contributed by atoms with van der Waals surface area (Å²) in [6.45, 7) is 11.5. The van der Waals surface area contributed by atoms with E-state index in [1.54, 1.807) is 84.0 Å². The molecule has 72 heavy (non-hydrogen) atoms. The highest BCUT2D eigenvalue weighted by Gasteiger charge is 2.22. The number of carbonyl (C=O) groups is 6. The van der Waals surface area contributed by atoms with Crippen LogP contribution in [-0.4, -0.2) is 90.5 Å². The Morgan fingerprint density at radius 1 is 0.528 bits per heavy atom. The molecule has 4 aromatic carbocycles. The van der Waals surface area contributed by atoms with Gasteiger partial charge in [-0.25, -0.2) is 28.8 Å². The molecule has 6 aromatic rings. The van der Waals surface area contributed by atoms with E-state index in [9.17, 15) is 38.4 Å². The number of carboxylic acid groups (broad SMARTS) is 1. The number of esters is 5. The standard InChI is InChI=1S/C14H17NO4.C12H11NO3.C10H7NO3.C10H16O5.C6H7N.CH4/c1-3-18-13(16)12(14(17)19-4-2)10-15-11-8-6-5-7-9-11;1-2-16-12(15)9-7-13-10-6-4-3-5-8(10)11(9)14;12-9-6-3-1-2-4-8(6)11-5-7(9)10(13)14;1-4-13-7-8(9(11)14-5-2)10(12)15-6-3;7-6-4-2-1-3-5-6;/h5-10,15H,3-4H2,1-2H3;3-7H,2H2,1H3,(H,13,14);1-5H,(H,11,12)(H,13,14);7H,4-6H2,1-3H3;1-5H,7H2;1H4. The number of aromatic amines is 2. The number of aromatic nitrogens is 2. The van der Waals surface area contributed by atoms with Crippen molar-refractivity contribution in [2.45, 2.75) is 49.0 Å². The average molecular weight is 995 g/mol. The first-order valence-electron chi connectivity index (χ1n) is 22.1. The van der Waals surface area contributed by atoms with Crippen LogP contribution in [-0.2, 0) is 47.6 Å². The second-order valence-electron chi connectivity index (χ2n) is 13.5. The Bertz CT molecular complexity index is 2800. The lowest BCUT2D eigenvalue weighted by Crippen LogP contribution is -2.19. The lowest BCUT2D eigenvalue weighted by atomic mass is 10.1. The number of fused-ring (bicyclic) bond motifs is 2. The maximum Gasteiger partial charge on any atom is 0.348 e. The molecule has 0 amide bonds. The summed E-state index contributed by atoms with van der Waals surface area (Å²) < 4.78 is 28.7. The molecule has 19 heteroatoms. The fourth-order valence-corrected chi connectivity index (χ4v) is 5.38. The normalized spacial score (nSPS) is 9.47. The second kappa shape index (κ2) is 34.3. The zero-order valence-corrected chi connectivity index (χ0v) is 40.2. The zero-order valence-electron chi connectivity index (χ0n) is 40.2. The highest BCUT2D eigenvalue weighted by atomic mass is 16.6. The summed E-state index contributed by atoms with van der Waals surface area (Å²) in [7, 11) is 0. The van der Waals surface area contributed by atoms with Crippen LogP contribution in [0.5, 0.6) is 0 Å². The summed E-state index contributed by atoms with van der Waals surface area (Å²) in [5, 5.41) is 12.5. The molecule has 0 aliphatic heterocycles. The number of carbonyl (C=O) groups excluding carboxylic acids is 5. The van der Waals surface area contributed by atoms with Gasteiger partial charge >= 0.3 is 35.8 Å². The number of H-pyrrole nitrogens is 2. The van der Waals surface area contributed by atoms with E-state index in [1.165, 1.54) is 18.6 Å². The molecule has 2 aromatic heterocycles. The van der Waals surface area contributed by atoms with Crippen LogP contribution in [0, 0.1) is 0 Å². The number of aromatic carboxylic acids is 1. The van der Waals surface area contributed by atoms with Crippen molar-refractivity contribution in [1.29, 1.82) is 0 Å². The molecule has 0 fully saturated rings. The van der Waals surface area contributed by atoms with Crippen molar-refractivity contribution in [1.82, 2.24) is 9.97 Å². The van der Waals surface area contributed by atoms with Crippen molar-refractivity contribution in [3.63, 3.8) is 0 Å². The molecule has 384 valence electrons. The van der Waals surface area contributed by atoms with Gasteiger partial charge in [-0.1, -0.05) is 68.1 Å². The summed E-state index contributed by atoms with van der Waals surface area (Å²) in [4.78, 5) is 97.2. The Kier molecular flexibility index (Phi) is 29.1. The molecular weight excluding hydrogens is 933 g/mol. The molecule has 0 spiro atoms. The Morgan fingerprint density at radius 3 is 1.32 bits per heavy atom. The highest BCUT2D eigenvalue weighted by Crippen LogP contribution is 2.10. The van der Waals surface area contributed by atoms with E-state index in [-0.39, 0.29) is 68.2 Å². The number of pyridine rings is 2. The number of rotatable bonds is 15. The van der Waals surface area contributed by atoms with Crippen LogP contribution in [0.15, 0.2) is 155 Å². The number of hydrogen-bond donors (Lipinski definition) is 5. The number of nitrogens with one attached hydrogen (secondary N) is 3. The quantitative estimate of drug-likeness (QED) is 0.0124. The molecular formula is C53H62N4O15. The number of carboxylic acids is 1.